The summed E-state index contributed by atoms with van der Waals surface area (Å²) >= 11 is 5.77. The maximum atomic E-state index is 5.77. The molecule has 0 spiro atoms. The lowest BCUT2D eigenvalue weighted by molar-refractivity contribution is 1.28. The molecule has 16 heavy (non-hydrogen) atoms. The van der Waals surface area contributed by atoms with Gasteiger partial charge in [0, 0.05) is 11.2 Å². The number of benzene rings is 1. The fourth-order valence-corrected chi connectivity index (χ4v) is 1.28. The Kier molecular flexibility index (Phi) is 3.51. The predicted molar refractivity (Wildman–Crippen MR) is 66.9 cm³/mol. The van der Waals surface area contributed by atoms with E-state index < -0.39 is 0 Å². The first-order valence-corrected chi connectivity index (χ1v) is 5.18. The molecule has 0 radical (unpaired) electrons. The summed E-state index contributed by atoms with van der Waals surface area (Å²) in [4.78, 5) is 4.11. The molecule has 4 heteroatoms. The molecule has 0 aliphatic carbocycles. The largest absolute Gasteiger partial charge is 0.278 e. The lowest BCUT2D eigenvalue weighted by atomic mass is 10.3. The third-order valence-electron chi connectivity index (χ3n) is 1.92. The van der Waals surface area contributed by atoms with E-state index in [9.17, 15) is 0 Å². The molecule has 1 aromatic carbocycles. The molecular formula is C12H10ClN3. The first kappa shape index (κ1) is 10.6. The fraction of sp³-hybridized carbons (Fsp3) is 0. The zero-order valence-corrected chi connectivity index (χ0v) is 9.22. The molecule has 80 valence electrons. The fourth-order valence-electron chi connectivity index (χ4n) is 1.15. The van der Waals surface area contributed by atoms with E-state index in [0.717, 1.165) is 11.4 Å². The van der Waals surface area contributed by atoms with E-state index in [1.54, 1.807) is 24.5 Å². The second-order valence-corrected chi connectivity index (χ2v) is 3.57. The van der Waals surface area contributed by atoms with Crippen LogP contribution in [-0.2, 0) is 0 Å². The number of hydrogen-bond donors (Lipinski definition) is 1. The highest BCUT2D eigenvalue weighted by atomic mass is 35.5. The Balaban J connectivity index is 1.97. The van der Waals surface area contributed by atoms with Crippen molar-refractivity contribution in [3.05, 3.63) is 59.4 Å². The van der Waals surface area contributed by atoms with Gasteiger partial charge in [0.25, 0.3) is 0 Å². The van der Waals surface area contributed by atoms with Crippen LogP contribution in [0.2, 0.25) is 5.02 Å². The third kappa shape index (κ3) is 3.07. The van der Waals surface area contributed by atoms with Crippen LogP contribution in [0.25, 0.3) is 0 Å². The van der Waals surface area contributed by atoms with Gasteiger partial charge in [0.1, 0.15) is 0 Å². The van der Waals surface area contributed by atoms with Crippen molar-refractivity contribution in [2.45, 2.75) is 0 Å². The molecule has 0 saturated carbocycles. The van der Waals surface area contributed by atoms with Gasteiger partial charge in [-0.15, -0.1) is 0 Å². The summed E-state index contributed by atoms with van der Waals surface area (Å²) in [6.45, 7) is 0. The van der Waals surface area contributed by atoms with E-state index in [1.165, 1.54) is 0 Å². The Morgan fingerprint density at radius 1 is 1.12 bits per heavy atom. The average Bonchev–Trinajstić information content (AvgIpc) is 2.33. The van der Waals surface area contributed by atoms with Crippen molar-refractivity contribution in [1.29, 1.82) is 0 Å². The lowest BCUT2D eigenvalue weighted by Crippen LogP contribution is -1.91. The maximum absolute atomic E-state index is 5.77. The highest BCUT2D eigenvalue weighted by molar-refractivity contribution is 6.30. The van der Waals surface area contributed by atoms with E-state index in [4.69, 9.17) is 11.6 Å². The zero-order valence-electron chi connectivity index (χ0n) is 8.47. The third-order valence-corrected chi connectivity index (χ3v) is 2.17. The van der Waals surface area contributed by atoms with Gasteiger partial charge in [-0.3, -0.25) is 10.4 Å². The molecule has 0 bridgehead atoms. The molecule has 3 nitrogen and oxygen atoms in total. The minimum Gasteiger partial charge on any atom is -0.278 e. The summed E-state index contributed by atoms with van der Waals surface area (Å²) in [6, 6.07) is 13.0. The first-order chi connectivity index (χ1) is 7.84. The van der Waals surface area contributed by atoms with Crippen LogP contribution in [0.4, 0.5) is 5.69 Å². The minimum atomic E-state index is 0.708. The van der Waals surface area contributed by atoms with Gasteiger partial charge < -0.3 is 0 Å². The number of rotatable bonds is 3. The molecule has 0 amide bonds. The van der Waals surface area contributed by atoms with Crippen LogP contribution in [0.1, 0.15) is 5.69 Å². The number of nitrogens with zero attached hydrogens (tertiary/aromatic N) is 2. The molecule has 0 unspecified atom stereocenters. The van der Waals surface area contributed by atoms with Crippen molar-refractivity contribution < 1.29 is 0 Å². The van der Waals surface area contributed by atoms with E-state index in [2.05, 4.69) is 15.5 Å². The standard InChI is InChI=1S/C12H10ClN3/c13-10-4-6-11(7-5-10)16-15-9-12-3-1-2-8-14-12/h1-9,16H/b15-9-. The van der Waals surface area contributed by atoms with Crippen LogP contribution in [-0.4, -0.2) is 11.2 Å². The molecule has 0 atom stereocenters. The van der Waals surface area contributed by atoms with Crippen LogP contribution in [0.15, 0.2) is 53.8 Å². The molecule has 0 aliphatic rings. The van der Waals surface area contributed by atoms with Gasteiger partial charge in [-0.1, -0.05) is 17.7 Å². The second-order valence-electron chi connectivity index (χ2n) is 3.13. The van der Waals surface area contributed by atoms with Gasteiger partial charge in [0.05, 0.1) is 17.6 Å². The molecule has 1 heterocycles. The summed E-state index contributed by atoms with van der Waals surface area (Å²) in [5.74, 6) is 0. The number of anilines is 1. The summed E-state index contributed by atoms with van der Waals surface area (Å²) in [6.07, 6.45) is 3.39. The van der Waals surface area contributed by atoms with E-state index in [0.29, 0.717) is 5.02 Å². The van der Waals surface area contributed by atoms with Gasteiger partial charge >= 0.3 is 0 Å². The van der Waals surface area contributed by atoms with Gasteiger partial charge in [0.2, 0.25) is 0 Å². The van der Waals surface area contributed by atoms with Crippen molar-refractivity contribution in [2.24, 2.45) is 5.10 Å². The lowest BCUT2D eigenvalue weighted by Gasteiger charge is -1.98. The van der Waals surface area contributed by atoms with Gasteiger partial charge in [-0.05, 0) is 36.4 Å². The van der Waals surface area contributed by atoms with Crippen molar-refractivity contribution in [2.75, 3.05) is 5.43 Å². The van der Waals surface area contributed by atoms with E-state index in [1.807, 2.05) is 30.3 Å². The SMILES string of the molecule is Clc1ccc(N/N=C\c2ccccn2)cc1. The smallest absolute Gasteiger partial charge is 0.0830 e. The number of halogens is 1. The molecule has 0 saturated heterocycles. The number of hydrazone groups is 1. The van der Waals surface area contributed by atoms with E-state index in [-0.39, 0.29) is 0 Å². The van der Waals surface area contributed by atoms with Crippen LogP contribution in [0.3, 0.4) is 0 Å². The van der Waals surface area contributed by atoms with Crippen molar-refractivity contribution in [3.8, 4) is 0 Å². The van der Waals surface area contributed by atoms with Gasteiger partial charge in [-0.25, -0.2) is 0 Å². The van der Waals surface area contributed by atoms with Gasteiger partial charge in [0.15, 0.2) is 0 Å². The Bertz CT molecular complexity index is 465. The quantitative estimate of drug-likeness (QED) is 0.651. The Hall–Kier alpha value is -1.87. The van der Waals surface area contributed by atoms with Crippen molar-refractivity contribution >= 4 is 23.5 Å². The number of nitrogens with one attached hydrogen (secondary N) is 1. The van der Waals surface area contributed by atoms with Gasteiger partial charge in [-0.2, -0.15) is 5.10 Å². The maximum Gasteiger partial charge on any atom is 0.0830 e. The normalized spacial score (nSPS) is 10.6. The molecule has 0 aliphatic heterocycles. The van der Waals surface area contributed by atoms with Crippen LogP contribution in [0, 0.1) is 0 Å². The average molecular weight is 232 g/mol. The molecule has 1 aromatic heterocycles. The second kappa shape index (κ2) is 5.28. The first-order valence-electron chi connectivity index (χ1n) is 4.80. The summed E-state index contributed by atoms with van der Waals surface area (Å²) in [5, 5.41) is 4.77. The topological polar surface area (TPSA) is 37.3 Å². The van der Waals surface area contributed by atoms with Crippen LogP contribution < -0.4 is 5.43 Å². The summed E-state index contributed by atoms with van der Waals surface area (Å²) < 4.78 is 0. The van der Waals surface area contributed by atoms with Crippen LogP contribution >= 0.6 is 11.6 Å². The predicted octanol–water partition coefficient (Wildman–Crippen LogP) is 3.18. The zero-order chi connectivity index (χ0) is 11.2. The summed E-state index contributed by atoms with van der Waals surface area (Å²) in [5.41, 5.74) is 4.59. The van der Waals surface area contributed by atoms with Crippen molar-refractivity contribution in [1.82, 2.24) is 4.98 Å². The number of pyridine rings is 1. The Labute approximate surface area is 98.8 Å². The Morgan fingerprint density at radius 2 is 1.94 bits per heavy atom. The minimum absolute atomic E-state index is 0.708. The molecular weight excluding hydrogens is 222 g/mol. The monoisotopic (exact) mass is 231 g/mol. The molecule has 2 rings (SSSR count). The highest BCUT2D eigenvalue weighted by Gasteiger charge is 1.89. The number of hydrogen-bond acceptors (Lipinski definition) is 3. The molecule has 2 aromatic rings. The number of aromatic nitrogens is 1. The molecule has 1 N–H and O–H groups in total. The van der Waals surface area contributed by atoms with E-state index >= 15 is 0 Å². The highest BCUT2D eigenvalue weighted by Crippen LogP contribution is 2.12. The molecule has 0 fully saturated rings. The van der Waals surface area contributed by atoms with Crippen molar-refractivity contribution in [3.63, 3.8) is 0 Å². The Morgan fingerprint density at radius 3 is 2.62 bits per heavy atom. The van der Waals surface area contributed by atoms with Crippen LogP contribution in [0.5, 0.6) is 0 Å². The summed E-state index contributed by atoms with van der Waals surface area (Å²) in [7, 11) is 0.